The van der Waals surface area contributed by atoms with Gasteiger partial charge in [-0.25, -0.2) is 0 Å². The first-order chi connectivity index (χ1) is 9.73. The average Bonchev–Trinajstić information content (AvgIpc) is 2.30. The van der Waals surface area contributed by atoms with Gasteiger partial charge in [0.1, 0.15) is 5.78 Å². The summed E-state index contributed by atoms with van der Waals surface area (Å²) < 4.78 is 0. The van der Waals surface area contributed by atoms with Crippen molar-refractivity contribution in [1.29, 1.82) is 0 Å². The Hall–Kier alpha value is -1.45. The lowest BCUT2D eigenvalue weighted by atomic mass is 9.73. The minimum absolute atomic E-state index is 0.0437. The van der Waals surface area contributed by atoms with E-state index in [2.05, 4.69) is 5.32 Å². The largest absolute Gasteiger partial charge is 0.388 e. The maximum Gasteiger partial charge on any atom is 0.168 e. The Morgan fingerprint density at radius 1 is 1.05 bits per heavy atom. The number of unbranched alkanes of at least 4 members (excludes halogenated alkanes) is 2. The third kappa shape index (κ3) is 5.82. The molecule has 1 fully saturated rings. The van der Waals surface area contributed by atoms with Crippen molar-refractivity contribution in [2.24, 2.45) is 5.41 Å². The van der Waals surface area contributed by atoms with Crippen LogP contribution in [0, 0.1) is 5.41 Å². The van der Waals surface area contributed by atoms with Gasteiger partial charge in [0, 0.05) is 31.5 Å². The predicted molar refractivity (Wildman–Crippen MR) is 82.9 cm³/mol. The lowest BCUT2D eigenvalue weighted by Crippen LogP contribution is -2.34. The molecule has 0 amide bonds. The van der Waals surface area contributed by atoms with E-state index in [1.807, 2.05) is 13.8 Å². The zero-order valence-electron chi connectivity index (χ0n) is 13.7. The van der Waals surface area contributed by atoms with Gasteiger partial charge in [-0.05, 0) is 32.1 Å². The Balaban J connectivity index is 2.46. The van der Waals surface area contributed by atoms with Crippen molar-refractivity contribution in [2.75, 3.05) is 6.54 Å². The summed E-state index contributed by atoms with van der Waals surface area (Å²) in [6.07, 6.45) is 4.32. The third-order valence-electron chi connectivity index (χ3n) is 3.81. The molecule has 0 unspecified atom stereocenters. The van der Waals surface area contributed by atoms with Crippen molar-refractivity contribution in [3.63, 3.8) is 0 Å². The number of hydrogen-bond donors (Lipinski definition) is 1. The van der Waals surface area contributed by atoms with Crippen LogP contribution in [-0.2, 0) is 14.4 Å². The second kappa shape index (κ2) is 7.53. The Bertz CT molecular complexity index is 439. The number of nitrogens with one attached hydrogen (secondary N) is 1. The maximum atomic E-state index is 12.1. The van der Waals surface area contributed by atoms with Crippen LogP contribution < -0.4 is 5.32 Å². The molecule has 1 rings (SSSR count). The zero-order valence-corrected chi connectivity index (χ0v) is 13.7. The van der Waals surface area contributed by atoms with Crippen LogP contribution in [0.4, 0.5) is 0 Å². The molecular weight excluding hydrogens is 266 g/mol. The molecular formula is C17H27NO3. The number of allylic oxidation sites excluding steroid dienone is 2. The molecule has 4 heteroatoms. The van der Waals surface area contributed by atoms with Gasteiger partial charge in [-0.2, -0.15) is 0 Å². The molecule has 0 saturated heterocycles. The van der Waals surface area contributed by atoms with E-state index in [4.69, 9.17) is 0 Å². The Kier molecular flexibility index (Phi) is 6.31. The number of Topliss-reactive ketones (excluding diaryl/α,β-unsaturated/α-hetero) is 3. The molecule has 0 radical (unpaired) electrons. The summed E-state index contributed by atoms with van der Waals surface area (Å²) >= 11 is 0. The summed E-state index contributed by atoms with van der Waals surface area (Å²) in [6.45, 7) is 8.06. The van der Waals surface area contributed by atoms with E-state index in [1.54, 1.807) is 13.8 Å². The smallest absolute Gasteiger partial charge is 0.168 e. The number of carbonyl (C=O) groups is 3. The Morgan fingerprint density at radius 2 is 1.62 bits per heavy atom. The lowest BCUT2D eigenvalue weighted by molar-refractivity contribution is -0.127. The van der Waals surface area contributed by atoms with E-state index in [0.29, 0.717) is 30.5 Å². The van der Waals surface area contributed by atoms with Crippen LogP contribution in [-0.4, -0.2) is 23.9 Å². The van der Waals surface area contributed by atoms with Gasteiger partial charge in [0.05, 0.1) is 5.57 Å². The van der Waals surface area contributed by atoms with E-state index in [-0.39, 0.29) is 22.8 Å². The topological polar surface area (TPSA) is 63.2 Å². The van der Waals surface area contributed by atoms with Crippen LogP contribution in [0.3, 0.4) is 0 Å². The van der Waals surface area contributed by atoms with Crippen molar-refractivity contribution < 1.29 is 14.4 Å². The Labute approximate surface area is 127 Å². The van der Waals surface area contributed by atoms with Gasteiger partial charge in [0.25, 0.3) is 0 Å². The van der Waals surface area contributed by atoms with Gasteiger partial charge < -0.3 is 10.1 Å². The van der Waals surface area contributed by atoms with Crippen molar-refractivity contribution >= 4 is 17.3 Å². The molecule has 0 bridgehead atoms. The number of hydrogen-bond acceptors (Lipinski definition) is 4. The Morgan fingerprint density at radius 3 is 2.14 bits per heavy atom. The van der Waals surface area contributed by atoms with Crippen LogP contribution in [0.1, 0.15) is 66.2 Å². The van der Waals surface area contributed by atoms with Crippen molar-refractivity contribution in [3.05, 3.63) is 11.3 Å². The maximum absolute atomic E-state index is 12.1. The van der Waals surface area contributed by atoms with E-state index < -0.39 is 0 Å². The van der Waals surface area contributed by atoms with Crippen molar-refractivity contribution in [1.82, 2.24) is 5.32 Å². The van der Waals surface area contributed by atoms with Gasteiger partial charge in [-0.3, -0.25) is 9.59 Å². The predicted octanol–water partition coefficient (Wildman–Crippen LogP) is 2.96. The minimum Gasteiger partial charge on any atom is -0.388 e. The first-order valence-corrected chi connectivity index (χ1v) is 7.73. The fraction of sp³-hybridized carbons (Fsp3) is 0.706. The van der Waals surface area contributed by atoms with Gasteiger partial charge in [0.15, 0.2) is 11.6 Å². The summed E-state index contributed by atoms with van der Waals surface area (Å²) in [6, 6.07) is 0. The standard InChI is InChI=1S/C17H27NO3/c1-12(19)8-6-5-7-9-18-13(2)16-14(20)10-17(3,4)11-15(16)21/h18H,5-11H2,1-4H3. The monoisotopic (exact) mass is 293 g/mol. The zero-order chi connectivity index (χ0) is 16.0. The van der Waals surface area contributed by atoms with Gasteiger partial charge >= 0.3 is 0 Å². The first kappa shape index (κ1) is 17.6. The highest BCUT2D eigenvalue weighted by atomic mass is 16.2. The minimum atomic E-state index is -0.218. The summed E-state index contributed by atoms with van der Waals surface area (Å²) in [5.74, 6) is 0.137. The second-order valence-corrected chi connectivity index (χ2v) is 6.80. The normalized spacial score (nSPS) is 17.8. The number of ketones is 3. The SMILES string of the molecule is CC(=O)CCCCCNC(C)=C1C(=O)CC(C)(C)CC1=O. The molecule has 0 heterocycles. The first-order valence-electron chi connectivity index (χ1n) is 7.73. The molecule has 1 aliphatic rings. The highest BCUT2D eigenvalue weighted by Crippen LogP contribution is 2.34. The molecule has 0 aromatic heterocycles. The lowest BCUT2D eigenvalue weighted by Gasteiger charge is -2.29. The average molecular weight is 293 g/mol. The molecule has 0 atom stereocenters. The molecule has 0 aromatic carbocycles. The molecule has 0 aliphatic heterocycles. The molecule has 0 spiro atoms. The summed E-state index contributed by atoms with van der Waals surface area (Å²) in [5, 5.41) is 3.18. The molecule has 1 aliphatic carbocycles. The number of carbonyl (C=O) groups excluding carboxylic acids is 3. The van der Waals surface area contributed by atoms with E-state index in [9.17, 15) is 14.4 Å². The number of rotatable bonds is 7. The summed E-state index contributed by atoms with van der Waals surface area (Å²) in [7, 11) is 0. The highest BCUT2D eigenvalue weighted by Gasteiger charge is 2.36. The van der Waals surface area contributed by atoms with Crippen LogP contribution in [0.2, 0.25) is 0 Å². The van der Waals surface area contributed by atoms with Crippen molar-refractivity contribution in [2.45, 2.75) is 66.2 Å². The fourth-order valence-corrected chi connectivity index (χ4v) is 2.72. The molecule has 1 saturated carbocycles. The molecule has 0 aromatic rings. The van der Waals surface area contributed by atoms with E-state index in [0.717, 1.165) is 25.8 Å². The van der Waals surface area contributed by atoms with Crippen LogP contribution in [0.15, 0.2) is 11.3 Å². The molecule has 1 N–H and O–H groups in total. The summed E-state index contributed by atoms with van der Waals surface area (Å²) in [5.41, 5.74) is 0.843. The van der Waals surface area contributed by atoms with E-state index in [1.165, 1.54) is 0 Å². The van der Waals surface area contributed by atoms with Crippen molar-refractivity contribution in [3.8, 4) is 0 Å². The summed E-state index contributed by atoms with van der Waals surface area (Å²) in [4.78, 5) is 35.0. The van der Waals surface area contributed by atoms with Gasteiger partial charge in [0.2, 0.25) is 0 Å². The van der Waals surface area contributed by atoms with E-state index >= 15 is 0 Å². The van der Waals surface area contributed by atoms with Gasteiger partial charge in [-0.15, -0.1) is 0 Å². The molecule has 118 valence electrons. The third-order valence-corrected chi connectivity index (χ3v) is 3.81. The van der Waals surface area contributed by atoms with Gasteiger partial charge in [-0.1, -0.05) is 20.3 Å². The van der Waals surface area contributed by atoms with Crippen LogP contribution >= 0.6 is 0 Å². The molecule has 4 nitrogen and oxygen atoms in total. The van der Waals surface area contributed by atoms with Crippen LogP contribution in [0.5, 0.6) is 0 Å². The highest BCUT2D eigenvalue weighted by molar-refractivity contribution is 6.22. The quantitative estimate of drug-likeness (QED) is 0.445. The molecule has 21 heavy (non-hydrogen) atoms. The second-order valence-electron chi connectivity index (χ2n) is 6.80. The van der Waals surface area contributed by atoms with Crippen LogP contribution in [0.25, 0.3) is 0 Å². The fourth-order valence-electron chi connectivity index (χ4n) is 2.72.